The van der Waals surface area contributed by atoms with Crippen molar-refractivity contribution in [3.63, 3.8) is 0 Å². The highest BCUT2D eigenvalue weighted by Gasteiger charge is 2.46. The lowest BCUT2D eigenvalue weighted by Gasteiger charge is -2.34. The van der Waals surface area contributed by atoms with E-state index in [1.165, 1.54) is 99.1 Å². The lowest BCUT2D eigenvalue weighted by atomic mass is 9.67. The third-order valence-corrected chi connectivity index (χ3v) is 14.3. The third-order valence-electron chi connectivity index (χ3n) is 14.3. The zero-order chi connectivity index (χ0) is 45.0. The van der Waals surface area contributed by atoms with Gasteiger partial charge >= 0.3 is 0 Å². The molecule has 68 heavy (non-hydrogen) atoms. The summed E-state index contributed by atoms with van der Waals surface area (Å²) < 4.78 is 0. The Kier molecular flexibility index (Phi) is 9.47. The van der Waals surface area contributed by atoms with Gasteiger partial charge < -0.3 is 4.90 Å². The Hall–Kier alpha value is -8.78. The van der Waals surface area contributed by atoms with Gasteiger partial charge in [-0.2, -0.15) is 0 Å². The second-order valence-electron chi connectivity index (χ2n) is 18.0. The van der Waals surface area contributed by atoms with E-state index in [1.807, 2.05) is 0 Å². The molecular weight excluding hydrogens is 819 g/mol. The zero-order valence-electron chi connectivity index (χ0n) is 37.4. The lowest BCUT2D eigenvalue weighted by molar-refractivity contribution is 0.768. The summed E-state index contributed by atoms with van der Waals surface area (Å²) >= 11 is 0. The average molecular weight is 864 g/mol. The smallest absolute Gasteiger partial charge is 0.0713 e. The standard InChI is InChI=1S/C67H45N/c1-3-21-52(22-4-1)67(53-23-5-2-6-24-53)63-31-14-13-28-62(63)66-61(30-16-32-64(66)67)59-43-44-65(60-27-12-11-26-58(59)60)68(54-39-35-47(36-40-54)51-34-33-46-17-7-8-19-50(46)45-51)55-41-37-49(38-42-55)57-29-15-20-48-18-9-10-25-56(48)57/h1-45H. The van der Waals surface area contributed by atoms with Crippen LogP contribution in [0, 0.1) is 0 Å². The summed E-state index contributed by atoms with van der Waals surface area (Å²) in [6.07, 6.45) is 0. The van der Waals surface area contributed by atoms with E-state index in [4.69, 9.17) is 0 Å². The van der Waals surface area contributed by atoms with Crippen LogP contribution in [0.15, 0.2) is 273 Å². The molecule has 0 saturated carbocycles. The second kappa shape index (κ2) is 16.3. The molecule has 0 atom stereocenters. The molecule has 0 aliphatic heterocycles. The molecule has 1 heteroatoms. The monoisotopic (exact) mass is 863 g/mol. The van der Waals surface area contributed by atoms with Gasteiger partial charge in [-0.25, -0.2) is 0 Å². The van der Waals surface area contributed by atoms with Crippen molar-refractivity contribution in [2.24, 2.45) is 0 Å². The summed E-state index contributed by atoms with van der Waals surface area (Å²) in [6, 6.07) is 101. The minimum atomic E-state index is -0.478. The summed E-state index contributed by atoms with van der Waals surface area (Å²) in [6.45, 7) is 0. The predicted molar refractivity (Wildman–Crippen MR) is 287 cm³/mol. The molecule has 0 spiro atoms. The van der Waals surface area contributed by atoms with Gasteiger partial charge in [-0.3, -0.25) is 0 Å². The van der Waals surface area contributed by atoms with E-state index in [0.717, 1.165) is 17.1 Å². The van der Waals surface area contributed by atoms with Crippen LogP contribution < -0.4 is 4.90 Å². The fraction of sp³-hybridized carbons (Fsp3) is 0.0149. The van der Waals surface area contributed by atoms with Gasteiger partial charge in [0.25, 0.3) is 0 Å². The number of hydrogen-bond donors (Lipinski definition) is 0. The summed E-state index contributed by atoms with van der Waals surface area (Å²) in [4.78, 5) is 2.43. The van der Waals surface area contributed by atoms with Crippen molar-refractivity contribution in [1.29, 1.82) is 0 Å². The Morgan fingerprint density at radius 1 is 0.265 bits per heavy atom. The maximum absolute atomic E-state index is 2.43. The molecule has 318 valence electrons. The van der Waals surface area contributed by atoms with Crippen molar-refractivity contribution in [2.45, 2.75) is 5.41 Å². The van der Waals surface area contributed by atoms with Crippen molar-refractivity contribution in [3.05, 3.63) is 295 Å². The van der Waals surface area contributed by atoms with Crippen LogP contribution in [-0.4, -0.2) is 0 Å². The first-order valence-electron chi connectivity index (χ1n) is 23.6. The van der Waals surface area contributed by atoms with Crippen molar-refractivity contribution in [3.8, 4) is 44.5 Å². The van der Waals surface area contributed by atoms with E-state index in [0.29, 0.717) is 0 Å². The van der Waals surface area contributed by atoms with E-state index >= 15 is 0 Å². The molecule has 0 unspecified atom stereocenters. The molecule has 0 aromatic heterocycles. The minimum absolute atomic E-state index is 0.478. The second-order valence-corrected chi connectivity index (χ2v) is 18.0. The van der Waals surface area contributed by atoms with Crippen LogP contribution >= 0.6 is 0 Å². The summed E-state index contributed by atoms with van der Waals surface area (Å²) in [7, 11) is 0. The highest BCUT2D eigenvalue weighted by Crippen LogP contribution is 2.59. The van der Waals surface area contributed by atoms with Crippen molar-refractivity contribution in [2.75, 3.05) is 4.90 Å². The molecule has 0 saturated heterocycles. The Morgan fingerprint density at radius 2 is 0.779 bits per heavy atom. The Labute approximate surface area is 397 Å². The molecule has 1 aliphatic carbocycles. The Balaban J connectivity index is 0.990. The van der Waals surface area contributed by atoms with Gasteiger partial charge in [-0.15, -0.1) is 0 Å². The van der Waals surface area contributed by atoms with Gasteiger partial charge in [0.15, 0.2) is 0 Å². The molecule has 0 amide bonds. The highest BCUT2D eigenvalue weighted by molar-refractivity contribution is 6.09. The molecule has 1 nitrogen and oxygen atoms in total. The number of rotatable bonds is 8. The van der Waals surface area contributed by atoms with Crippen LogP contribution in [0.4, 0.5) is 17.1 Å². The van der Waals surface area contributed by atoms with Gasteiger partial charge in [0.1, 0.15) is 0 Å². The topological polar surface area (TPSA) is 3.24 Å². The van der Waals surface area contributed by atoms with Crippen molar-refractivity contribution < 1.29 is 0 Å². The average Bonchev–Trinajstić information content (AvgIpc) is 3.73. The van der Waals surface area contributed by atoms with E-state index in [2.05, 4.69) is 278 Å². The van der Waals surface area contributed by atoms with Crippen LogP contribution in [0.2, 0.25) is 0 Å². The molecule has 0 heterocycles. The number of hydrogen-bond acceptors (Lipinski definition) is 1. The first-order chi connectivity index (χ1) is 33.7. The number of nitrogens with zero attached hydrogens (tertiary/aromatic N) is 1. The van der Waals surface area contributed by atoms with Crippen LogP contribution in [0.1, 0.15) is 22.3 Å². The molecule has 0 radical (unpaired) electrons. The molecule has 0 fully saturated rings. The summed E-state index contributed by atoms with van der Waals surface area (Å²) in [5.74, 6) is 0. The third kappa shape index (κ3) is 6.32. The maximum Gasteiger partial charge on any atom is 0.0713 e. The van der Waals surface area contributed by atoms with Crippen LogP contribution in [-0.2, 0) is 5.41 Å². The quantitative estimate of drug-likeness (QED) is 0.147. The predicted octanol–water partition coefficient (Wildman–Crippen LogP) is 18.0. The molecule has 12 aromatic carbocycles. The SMILES string of the molecule is c1ccc(C2(c3ccccc3)c3ccccc3-c3c(-c4ccc(N(c5ccc(-c6ccc7ccccc7c6)cc5)c5ccc(-c6cccc7ccccc67)cc5)c5ccccc45)cccc32)cc1. The van der Waals surface area contributed by atoms with Gasteiger partial charge in [0.2, 0.25) is 0 Å². The highest BCUT2D eigenvalue weighted by atomic mass is 15.1. The fourth-order valence-corrected chi connectivity index (χ4v) is 11.3. The maximum atomic E-state index is 2.43. The molecule has 12 aromatic rings. The van der Waals surface area contributed by atoms with Gasteiger partial charge in [-0.05, 0) is 130 Å². The lowest BCUT2D eigenvalue weighted by Crippen LogP contribution is -2.28. The normalized spacial score (nSPS) is 12.5. The van der Waals surface area contributed by atoms with Crippen LogP contribution in [0.25, 0.3) is 76.8 Å². The van der Waals surface area contributed by atoms with Crippen molar-refractivity contribution in [1.82, 2.24) is 0 Å². The van der Waals surface area contributed by atoms with Gasteiger partial charge in [0.05, 0.1) is 11.1 Å². The number of benzene rings is 12. The Morgan fingerprint density at radius 3 is 1.51 bits per heavy atom. The number of fused-ring (bicyclic) bond motifs is 6. The largest absolute Gasteiger partial charge is 0.310 e. The first kappa shape index (κ1) is 39.6. The molecule has 0 N–H and O–H groups in total. The summed E-state index contributed by atoms with van der Waals surface area (Å²) in [5.41, 5.74) is 17.8. The Bertz CT molecular complexity index is 3790. The van der Waals surface area contributed by atoms with Crippen LogP contribution in [0.5, 0.6) is 0 Å². The van der Waals surface area contributed by atoms with Gasteiger partial charge in [0, 0.05) is 16.8 Å². The van der Waals surface area contributed by atoms with Gasteiger partial charge in [-0.1, -0.05) is 237 Å². The van der Waals surface area contributed by atoms with Crippen LogP contribution in [0.3, 0.4) is 0 Å². The van der Waals surface area contributed by atoms with Crippen molar-refractivity contribution >= 4 is 49.4 Å². The van der Waals surface area contributed by atoms with E-state index in [-0.39, 0.29) is 0 Å². The molecule has 1 aliphatic rings. The van der Waals surface area contributed by atoms with E-state index < -0.39 is 5.41 Å². The van der Waals surface area contributed by atoms with E-state index in [1.54, 1.807) is 0 Å². The molecular formula is C67H45N. The van der Waals surface area contributed by atoms with E-state index in [9.17, 15) is 0 Å². The fourth-order valence-electron chi connectivity index (χ4n) is 11.3. The molecule has 13 rings (SSSR count). The molecule has 0 bridgehead atoms. The first-order valence-corrected chi connectivity index (χ1v) is 23.6. The minimum Gasteiger partial charge on any atom is -0.310 e. The number of anilines is 3. The summed E-state index contributed by atoms with van der Waals surface area (Å²) in [5, 5.41) is 7.38. The zero-order valence-corrected chi connectivity index (χ0v) is 37.4.